The Morgan fingerprint density at radius 2 is 1.71 bits per heavy atom. The second-order valence-electron chi connectivity index (χ2n) is 10.5. The average Bonchev–Trinajstić information content (AvgIpc) is 3.35. The Hall–Kier alpha value is -4.46. The molecule has 42 heavy (non-hydrogen) atoms. The molecule has 3 heterocycles. The first-order valence-electron chi connectivity index (χ1n) is 14.0. The lowest BCUT2D eigenvalue weighted by Gasteiger charge is -2.20. The molecule has 8 heteroatoms. The number of nitrogens with zero attached hydrogens (tertiary/aromatic N) is 3. The quantitative estimate of drug-likeness (QED) is 0.103. The summed E-state index contributed by atoms with van der Waals surface area (Å²) in [5.74, 6) is -1.35. The number of Topliss-reactive ketones (excluding diaryl/α,β-unsaturated/α-hetero) is 1. The summed E-state index contributed by atoms with van der Waals surface area (Å²) in [6.45, 7) is 6.59. The number of aryl methyl sites for hydroxylation is 2. The third-order valence-electron chi connectivity index (χ3n) is 7.11. The molecular weight excluding hydrogens is 546 g/mol. The zero-order valence-corrected chi connectivity index (χ0v) is 24.8. The molecule has 0 radical (unpaired) electrons. The highest BCUT2D eigenvalue weighted by Crippen LogP contribution is 2.30. The Morgan fingerprint density at radius 3 is 2.45 bits per heavy atom. The van der Waals surface area contributed by atoms with Gasteiger partial charge in [0.2, 0.25) is 0 Å². The van der Waals surface area contributed by atoms with Crippen molar-refractivity contribution in [1.82, 2.24) is 14.7 Å². The van der Waals surface area contributed by atoms with Gasteiger partial charge >= 0.3 is 0 Å². The van der Waals surface area contributed by atoms with Gasteiger partial charge in [0.25, 0.3) is 11.7 Å². The van der Waals surface area contributed by atoms with E-state index < -0.39 is 11.7 Å². The van der Waals surface area contributed by atoms with E-state index >= 15 is 0 Å². The first-order valence-corrected chi connectivity index (χ1v) is 14.3. The molecule has 0 atom stereocenters. The van der Waals surface area contributed by atoms with Crippen molar-refractivity contribution in [2.75, 3.05) is 30.4 Å². The number of hydrogen-bond acceptors (Lipinski definition) is 5. The zero-order valence-electron chi connectivity index (χ0n) is 24.0. The number of halogens is 1. The van der Waals surface area contributed by atoms with Crippen LogP contribution in [-0.4, -0.2) is 41.2 Å². The number of anilines is 2. The molecule has 0 fully saturated rings. The van der Waals surface area contributed by atoms with Crippen molar-refractivity contribution < 1.29 is 9.59 Å². The fraction of sp³-hybridized carbons (Fsp3) is 0.206. The van der Waals surface area contributed by atoms with E-state index in [0.29, 0.717) is 16.3 Å². The fourth-order valence-electron chi connectivity index (χ4n) is 5.11. The molecule has 1 amide bonds. The van der Waals surface area contributed by atoms with E-state index in [9.17, 15) is 9.59 Å². The molecule has 0 aliphatic heterocycles. The lowest BCUT2D eigenvalue weighted by atomic mass is 10.0. The van der Waals surface area contributed by atoms with Crippen LogP contribution in [-0.2, 0) is 11.3 Å². The minimum absolute atomic E-state index is 0.273. The average molecular weight is 580 g/mol. The Labute approximate surface area is 251 Å². The maximum Gasteiger partial charge on any atom is 0.298 e. The number of rotatable bonds is 11. The lowest BCUT2D eigenvalue weighted by molar-refractivity contribution is -0.112. The highest BCUT2D eigenvalue weighted by Gasteiger charge is 2.25. The van der Waals surface area contributed by atoms with Crippen LogP contribution >= 0.6 is 11.6 Å². The Morgan fingerprint density at radius 1 is 0.952 bits per heavy atom. The van der Waals surface area contributed by atoms with Crippen molar-refractivity contribution in [3.05, 3.63) is 119 Å². The molecule has 0 aliphatic rings. The number of amides is 1. The number of benzene rings is 2. The normalized spacial score (nSPS) is 11.0. The van der Waals surface area contributed by atoms with Crippen LogP contribution in [0.4, 0.5) is 11.4 Å². The second-order valence-corrected chi connectivity index (χ2v) is 10.9. The van der Waals surface area contributed by atoms with Gasteiger partial charge in [-0.3, -0.25) is 14.6 Å². The molecule has 7 nitrogen and oxygen atoms in total. The van der Waals surface area contributed by atoms with E-state index in [4.69, 9.17) is 11.6 Å². The molecule has 5 rings (SSSR count). The predicted molar refractivity (Wildman–Crippen MR) is 171 cm³/mol. The molecule has 0 saturated heterocycles. The maximum absolute atomic E-state index is 13.5. The molecule has 0 unspecified atom stereocenters. The zero-order chi connectivity index (χ0) is 29.6. The van der Waals surface area contributed by atoms with Gasteiger partial charge in [-0.25, -0.2) is 0 Å². The minimum Gasteiger partial charge on any atom is -0.375 e. The lowest BCUT2D eigenvalue weighted by Crippen LogP contribution is -2.25. The molecular formula is C34H34ClN5O2. The molecule has 5 aromatic rings. The van der Waals surface area contributed by atoms with Crippen LogP contribution in [0.5, 0.6) is 0 Å². The number of fused-ring (bicyclic) bond motifs is 1. The molecule has 2 N–H and O–H groups in total. The van der Waals surface area contributed by atoms with Crippen LogP contribution in [0.3, 0.4) is 0 Å². The van der Waals surface area contributed by atoms with Gasteiger partial charge in [-0.1, -0.05) is 41.9 Å². The molecule has 0 aliphatic carbocycles. The Kier molecular flexibility index (Phi) is 9.00. The van der Waals surface area contributed by atoms with Crippen LogP contribution in [0.25, 0.3) is 16.6 Å². The van der Waals surface area contributed by atoms with E-state index in [0.717, 1.165) is 54.2 Å². The van der Waals surface area contributed by atoms with Crippen molar-refractivity contribution in [3.63, 3.8) is 0 Å². The van der Waals surface area contributed by atoms with E-state index in [1.165, 1.54) is 5.56 Å². The fourth-order valence-corrected chi connectivity index (χ4v) is 5.27. The number of pyridine rings is 2. The van der Waals surface area contributed by atoms with Gasteiger partial charge in [-0.05, 0) is 92.5 Å². The van der Waals surface area contributed by atoms with E-state index in [1.807, 2.05) is 80.7 Å². The van der Waals surface area contributed by atoms with Gasteiger partial charge in [0.15, 0.2) is 0 Å². The molecule has 2 aromatic carbocycles. The summed E-state index contributed by atoms with van der Waals surface area (Å²) in [6.07, 6.45) is 2.62. The largest absolute Gasteiger partial charge is 0.375 e. The summed E-state index contributed by atoms with van der Waals surface area (Å²) in [6, 6.07) is 26.7. The van der Waals surface area contributed by atoms with Crippen molar-refractivity contribution in [3.8, 4) is 11.1 Å². The molecule has 0 saturated carbocycles. The smallest absolute Gasteiger partial charge is 0.298 e. The predicted octanol–water partition coefficient (Wildman–Crippen LogP) is 6.71. The standard InChI is InChI=1S/C34H34ClN5O2/c1-23-18-24(2)37-28(19-23)21-36-16-7-17-39(3)29-14-11-27(12-15-29)38-34(42)33(41)32-31(25-8-5-4-6-9-25)20-30-13-10-26(35)22-40(30)32/h4-6,8-15,18-20,22,36H,7,16-17,21H2,1-3H3,(H,38,42). The van der Waals surface area contributed by atoms with Crippen LogP contribution in [0.2, 0.25) is 5.02 Å². The summed E-state index contributed by atoms with van der Waals surface area (Å²) in [7, 11) is 2.04. The second kappa shape index (κ2) is 13.0. The van der Waals surface area contributed by atoms with E-state index in [-0.39, 0.29) is 5.69 Å². The summed E-state index contributed by atoms with van der Waals surface area (Å²) >= 11 is 6.24. The highest BCUT2D eigenvalue weighted by atomic mass is 35.5. The third kappa shape index (κ3) is 6.87. The van der Waals surface area contributed by atoms with Crippen molar-refractivity contribution in [2.45, 2.75) is 26.8 Å². The van der Waals surface area contributed by atoms with E-state index in [2.05, 4.69) is 39.6 Å². The first kappa shape index (κ1) is 29.0. The van der Waals surface area contributed by atoms with Crippen molar-refractivity contribution in [1.29, 1.82) is 0 Å². The number of aromatic nitrogens is 2. The minimum atomic E-state index is -0.711. The molecule has 214 valence electrons. The Bertz CT molecular complexity index is 1690. The Balaban J connectivity index is 1.19. The molecule has 0 spiro atoms. The summed E-state index contributed by atoms with van der Waals surface area (Å²) < 4.78 is 1.68. The van der Waals surface area contributed by atoms with Gasteiger partial charge in [0, 0.05) is 54.5 Å². The first-order chi connectivity index (χ1) is 20.3. The van der Waals surface area contributed by atoms with Crippen molar-refractivity contribution >= 4 is 40.2 Å². The number of hydrogen-bond donors (Lipinski definition) is 2. The summed E-state index contributed by atoms with van der Waals surface area (Å²) in [4.78, 5) is 33.4. The van der Waals surface area contributed by atoms with Crippen LogP contribution in [0.1, 0.15) is 33.9 Å². The number of carbonyl (C=O) groups is 2. The van der Waals surface area contributed by atoms with Gasteiger partial charge in [0.05, 0.1) is 10.7 Å². The molecule has 0 bridgehead atoms. The monoisotopic (exact) mass is 579 g/mol. The summed E-state index contributed by atoms with van der Waals surface area (Å²) in [5.41, 5.74) is 7.46. The van der Waals surface area contributed by atoms with Crippen molar-refractivity contribution in [2.24, 2.45) is 0 Å². The van der Waals surface area contributed by atoms with Gasteiger partial charge in [0.1, 0.15) is 5.69 Å². The summed E-state index contributed by atoms with van der Waals surface area (Å²) in [5, 5.41) is 6.71. The van der Waals surface area contributed by atoms with Crippen LogP contribution in [0, 0.1) is 13.8 Å². The van der Waals surface area contributed by atoms with Crippen LogP contribution in [0.15, 0.2) is 91.1 Å². The topological polar surface area (TPSA) is 78.7 Å². The highest BCUT2D eigenvalue weighted by molar-refractivity contribution is 6.47. The number of ketones is 1. The third-order valence-corrected chi connectivity index (χ3v) is 7.33. The number of nitrogens with one attached hydrogen (secondary N) is 2. The van der Waals surface area contributed by atoms with E-state index in [1.54, 1.807) is 16.7 Å². The number of carbonyl (C=O) groups excluding carboxylic acids is 2. The van der Waals surface area contributed by atoms with Crippen LogP contribution < -0.4 is 15.5 Å². The van der Waals surface area contributed by atoms with Gasteiger partial charge in [-0.2, -0.15) is 0 Å². The SMILES string of the molecule is Cc1cc(C)nc(CNCCCN(C)c2ccc(NC(=O)C(=O)c3c(-c4ccccc4)cc4ccc(Cl)cn34)cc2)c1. The van der Waals surface area contributed by atoms with Gasteiger partial charge in [-0.15, -0.1) is 0 Å². The molecule has 3 aromatic heterocycles. The van der Waals surface area contributed by atoms with Gasteiger partial charge < -0.3 is 19.9 Å². The maximum atomic E-state index is 13.5.